The summed E-state index contributed by atoms with van der Waals surface area (Å²) in [6.07, 6.45) is 3.56. The minimum atomic E-state index is -0.820. The normalized spacial score (nSPS) is 24.0. The van der Waals surface area contributed by atoms with Crippen molar-refractivity contribution in [3.8, 4) is 0 Å². The van der Waals surface area contributed by atoms with Crippen LogP contribution in [0.3, 0.4) is 0 Å². The van der Waals surface area contributed by atoms with Gasteiger partial charge in [-0.2, -0.15) is 0 Å². The fraction of sp³-hybridized carbons (Fsp3) is 0.591. The van der Waals surface area contributed by atoms with Crippen LogP contribution in [0.1, 0.15) is 45.1 Å². The molecule has 1 aliphatic carbocycles. The molecule has 4 amide bonds. The third-order valence-corrected chi connectivity index (χ3v) is 6.26. The number of rotatable bonds is 7. The zero-order valence-corrected chi connectivity index (χ0v) is 17.7. The number of hydrogen-bond acceptors (Lipinski definition) is 4. The maximum atomic E-state index is 12.9. The standard InChI is InChI=1S/C22H32N4O3/c1-4-25(18-10-7-8-16(2)14-18)13-12-23-19(27)15-26-20(28)22(24-21(26)29)11-6-5-9-17(22)3/h7-8,10,14,17H,4-6,9,11-13,15H2,1-3H3,(H,23,27)(H,24,29). The summed E-state index contributed by atoms with van der Waals surface area (Å²) in [5, 5.41) is 5.73. The van der Waals surface area contributed by atoms with Crippen molar-refractivity contribution >= 4 is 23.5 Å². The first-order chi connectivity index (χ1) is 13.9. The molecule has 1 saturated heterocycles. The predicted octanol–water partition coefficient (Wildman–Crippen LogP) is 2.44. The number of likely N-dealkylation sites (N-methyl/N-ethyl adjacent to an activating group) is 1. The Balaban J connectivity index is 1.53. The number of hydrogen-bond donors (Lipinski definition) is 2. The molecule has 1 aromatic rings. The largest absolute Gasteiger partial charge is 0.370 e. The Morgan fingerprint density at radius 2 is 2.14 bits per heavy atom. The molecule has 3 rings (SSSR count). The van der Waals surface area contributed by atoms with Gasteiger partial charge in [-0.25, -0.2) is 4.79 Å². The Hall–Kier alpha value is -2.57. The highest BCUT2D eigenvalue weighted by atomic mass is 16.2. The van der Waals surface area contributed by atoms with Crippen LogP contribution in [0.4, 0.5) is 10.5 Å². The SMILES string of the molecule is CCN(CCNC(=O)CN1C(=O)NC2(CCCCC2C)C1=O)c1cccc(C)c1. The highest BCUT2D eigenvalue weighted by Gasteiger charge is 2.55. The second-order valence-corrected chi connectivity index (χ2v) is 8.21. The number of benzene rings is 1. The summed E-state index contributed by atoms with van der Waals surface area (Å²) in [5.74, 6) is -0.470. The van der Waals surface area contributed by atoms with Crippen molar-refractivity contribution in [2.45, 2.75) is 52.0 Å². The van der Waals surface area contributed by atoms with Crippen LogP contribution >= 0.6 is 0 Å². The minimum absolute atomic E-state index is 0.0909. The van der Waals surface area contributed by atoms with Gasteiger partial charge in [0.05, 0.1) is 0 Å². The zero-order chi connectivity index (χ0) is 21.0. The smallest absolute Gasteiger partial charge is 0.325 e. The average molecular weight is 401 g/mol. The number of imide groups is 1. The third kappa shape index (κ3) is 4.38. The van der Waals surface area contributed by atoms with E-state index in [0.29, 0.717) is 19.5 Å². The van der Waals surface area contributed by atoms with Gasteiger partial charge in [0.1, 0.15) is 12.1 Å². The van der Waals surface area contributed by atoms with Gasteiger partial charge in [0, 0.05) is 25.3 Å². The van der Waals surface area contributed by atoms with Crippen LogP contribution in [-0.4, -0.2) is 54.5 Å². The van der Waals surface area contributed by atoms with Crippen LogP contribution in [0.5, 0.6) is 0 Å². The van der Waals surface area contributed by atoms with Crippen molar-refractivity contribution in [1.29, 1.82) is 0 Å². The molecule has 0 bridgehead atoms. The second kappa shape index (κ2) is 8.84. The summed E-state index contributed by atoms with van der Waals surface area (Å²) in [4.78, 5) is 41.0. The van der Waals surface area contributed by atoms with Gasteiger partial charge in [-0.15, -0.1) is 0 Å². The Morgan fingerprint density at radius 1 is 1.34 bits per heavy atom. The number of nitrogens with zero attached hydrogens (tertiary/aromatic N) is 2. The molecular formula is C22H32N4O3. The van der Waals surface area contributed by atoms with Crippen molar-refractivity contribution in [2.75, 3.05) is 31.1 Å². The van der Waals surface area contributed by atoms with Gasteiger partial charge in [0.25, 0.3) is 5.91 Å². The molecule has 1 heterocycles. The van der Waals surface area contributed by atoms with Gasteiger partial charge >= 0.3 is 6.03 Å². The Bertz CT molecular complexity index is 781. The zero-order valence-electron chi connectivity index (χ0n) is 17.7. The molecule has 2 aliphatic rings. The molecule has 0 radical (unpaired) electrons. The van der Waals surface area contributed by atoms with Crippen LogP contribution in [0, 0.1) is 12.8 Å². The molecule has 1 saturated carbocycles. The van der Waals surface area contributed by atoms with Gasteiger partial charge in [-0.05, 0) is 50.3 Å². The number of anilines is 1. The van der Waals surface area contributed by atoms with Crippen molar-refractivity contribution in [2.24, 2.45) is 5.92 Å². The molecule has 2 fully saturated rings. The van der Waals surface area contributed by atoms with Crippen molar-refractivity contribution in [1.82, 2.24) is 15.5 Å². The van der Waals surface area contributed by atoms with Crippen LogP contribution in [0.2, 0.25) is 0 Å². The lowest BCUT2D eigenvalue weighted by atomic mass is 9.73. The molecule has 158 valence electrons. The number of carbonyl (C=O) groups excluding carboxylic acids is 3. The number of urea groups is 1. The highest BCUT2D eigenvalue weighted by Crippen LogP contribution is 2.38. The van der Waals surface area contributed by atoms with E-state index >= 15 is 0 Å². The van der Waals surface area contributed by atoms with E-state index in [4.69, 9.17) is 0 Å². The van der Waals surface area contributed by atoms with Gasteiger partial charge in [0.15, 0.2) is 0 Å². The van der Waals surface area contributed by atoms with Crippen molar-refractivity contribution in [3.05, 3.63) is 29.8 Å². The van der Waals surface area contributed by atoms with Crippen molar-refractivity contribution in [3.63, 3.8) is 0 Å². The Labute approximate surface area is 172 Å². The molecule has 29 heavy (non-hydrogen) atoms. The van der Waals surface area contributed by atoms with Crippen molar-refractivity contribution < 1.29 is 14.4 Å². The fourth-order valence-corrected chi connectivity index (χ4v) is 4.46. The molecule has 7 heteroatoms. The molecule has 2 unspecified atom stereocenters. The monoisotopic (exact) mass is 400 g/mol. The molecule has 1 aliphatic heterocycles. The van der Waals surface area contributed by atoms with E-state index in [2.05, 4.69) is 47.6 Å². The summed E-state index contributed by atoms with van der Waals surface area (Å²) >= 11 is 0. The first-order valence-corrected chi connectivity index (χ1v) is 10.6. The Morgan fingerprint density at radius 3 is 2.83 bits per heavy atom. The van der Waals surface area contributed by atoms with E-state index in [1.807, 2.05) is 13.0 Å². The lowest BCUT2D eigenvalue weighted by molar-refractivity contribution is -0.137. The van der Waals surface area contributed by atoms with E-state index in [1.165, 1.54) is 5.56 Å². The van der Waals surface area contributed by atoms with Gasteiger partial charge < -0.3 is 15.5 Å². The summed E-state index contributed by atoms with van der Waals surface area (Å²) in [6.45, 7) is 7.84. The maximum Gasteiger partial charge on any atom is 0.325 e. The number of amides is 4. The number of aryl methyl sites for hydroxylation is 1. The quantitative estimate of drug-likeness (QED) is 0.689. The average Bonchev–Trinajstić information content (AvgIpc) is 2.92. The summed E-state index contributed by atoms with van der Waals surface area (Å²) in [5.41, 5.74) is 1.48. The van der Waals surface area contributed by atoms with E-state index in [-0.39, 0.29) is 24.3 Å². The lowest BCUT2D eigenvalue weighted by Gasteiger charge is -2.36. The first-order valence-electron chi connectivity index (χ1n) is 10.6. The number of carbonyl (C=O) groups is 3. The molecule has 1 aromatic carbocycles. The predicted molar refractivity (Wildman–Crippen MR) is 113 cm³/mol. The van der Waals surface area contributed by atoms with E-state index < -0.39 is 11.6 Å². The first kappa shape index (κ1) is 21.1. The van der Waals surface area contributed by atoms with Crippen LogP contribution in [0.25, 0.3) is 0 Å². The minimum Gasteiger partial charge on any atom is -0.370 e. The van der Waals surface area contributed by atoms with E-state index in [0.717, 1.165) is 36.4 Å². The second-order valence-electron chi connectivity index (χ2n) is 8.21. The third-order valence-electron chi connectivity index (χ3n) is 6.26. The van der Waals surface area contributed by atoms with E-state index in [1.54, 1.807) is 0 Å². The van der Waals surface area contributed by atoms with Crippen LogP contribution in [0.15, 0.2) is 24.3 Å². The number of nitrogens with one attached hydrogen (secondary N) is 2. The molecule has 2 N–H and O–H groups in total. The van der Waals surface area contributed by atoms with Crippen LogP contribution < -0.4 is 15.5 Å². The summed E-state index contributed by atoms with van der Waals surface area (Å²) < 4.78 is 0. The van der Waals surface area contributed by atoms with E-state index in [9.17, 15) is 14.4 Å². The Kier molecular flexibility index (Phi) is 6.45. The summed E-state index contributed by atoms with van der Waals surface area (Å²) in [7, 11) is 0. The molecule has 0 aromatic heterocycles. The maximum absolute atomic E-state index is 12.9. The molecule has 1 spiro atoms. The topological polar surface area (TPSA) is 81.8 Å². The van der Waals surface area contributed by atoms with Gasteiger partial charge in [-0.1, -0.05) is 31.9 Å². The van der Waals surface area contributed by atoms with Gasteiger partial charge in [-0.3, -0.25) is 14.5 Å². The molecular weight excluding hydrogens is 368 g/mol. The highest BCUT2D eigenvalue weighted by molar-refractivity contribution is 6.09. The summed E-state index contributed by atoms with van der Waals surface area (Å²) in [6, 6.07) is 7.79. The van der Waals surface area contributed by atoms with Gasteiger partial charge in [0.2, 0.25) is 5.91 Å². The lowest BCUT2D eigenvalue weighted by Crippen LogP contribution is -2.54. The molecule has 7 nitrogen and oxygen atoms in total. The fourth-order valence-electron chi connectivity index (χ4n) is 4.46. The molecule has 2 atom stereocenters. The van der Waals surface area contributed by atoms with Crippen LogP contribution in [-0.2, 0) is 9.59 Å².